The lowest BCUT2D eigenvalue weighted by Crippen LogP contribution is -1.99. The van der Waals surface area contributed by atoms with Crippen molar-refractivity contribution < 1.29 is 37.0 Å². The number of hydrogen-bond donors (Lipinski definition) is 2. The third-order valence-electron chi connectivity index (χ3n) is 2.51. The van der Waals surface area contributed by atoms with Gasteiger partial charge in [-0.1, -0.05) is 36.4 Å². The summed E-state index contributed by atoms with van der Waals surface area (Å²) in [7, 11) is -7.83. The van der Waals surface area contributed by atoms with Crippen LogP contribution in [0.3, 0.4) is 0 Å². The van der Waals surface area contributed by atoms with Crippen molar-refractivity contribution in [2.45, 2.75) is 13.8 Å². The van der Waals surface area contributed by atoms with Crippen LogP contribution in [0.5, 0.6) is 11.5 Å². The number of hydrogen-bond acceptors (Lipinski definition) is 7. The summed E-state index contributed by atoms with van der Waals surface area (Å²) in [5, 5.41) is 6.25. The standard InChI is InChI=1S/C12H11O4P.C4H11O4P.CN.N3/c13-17(14,15-11-7-3-1-4-8-11)16-12-9-5-2-6-10-12;1-3-7-9(5,6)8-4-2;1-2;1-3-2/h1-10H,(H,13,14);3-4H2,1-2H3,(H,5,6);;/q;;2*-1. The number of benzene rings is 2. The molecule has 0 aliphatic heterocycles. The van der Waals surface area contributed by atoms with Crippen LogP contribution in [0.4, 0.5) is 0 Å². The van der Waals surface area contributed by atoms with E-state index in [1.165, 1.54) is 4.91 Å². The molecule has 0 saturated heterocycles. The second kappa shape index (κ2) is 18.0. The van der Waals surface area contributed by atoms with E-state index in [0.717, 1.165) is 0 Å². The molecule has 31 heavy (non-hydrogen) atoms. The highest BCUT2D eigenvalue weighted by Gasteiger charge is 2.24. The van der Waals surface area contributed by atoms with Crippen LogP contribution in [0.2, 0.25) is 0 Å². The fourth-order valence-electron chi connectivity index (χ4n) is 1.61. The Labute approximate surface area is 180 Å². The Morgan fingerprint density at radius 2 is 1.10 bits per heavy atom. The maximum atomic E-state index is 11.7. The lowest BCUT2D eigenvalue weighted by atomic mass is 10.3. The van der Waals surface area contributed by atoms with Gasteiger partial charge in [-0.2, -0.15) is 0 Å². The number of rotatable bonds is 8. The monoisotopic (exact) mass is 472 g/mol. The van der Waals surface area contributed by atoms with Crippen LogP contribution in [0, 0.1) is 11.8 Å². The second-order valence-corrected chi connectivity index (χ2v) is 7.43. The summed E-state index contributed by atoms with van der Waals surface area (Å²) in [6.07, 6.45) is 0. The average molecular weight is 472 g/mol. The number of para-hydroxylation sites is 2. The van der Waals surface area contributed by atoms with E-state index < -0.39 is 15.6 Å². The summed E-state index contributed by atoms with van der Waals surface area (Å²) >= 11 is 0. The summed E-state index contributed by atoms with van der Waals surface area (Å²) < 4.78 is 40.7. The largest absolute Gasteiger partial charge is 0.584 e. The van der Waals surface area contributed by atoms with Crippen molar-refractivity contribution in [1.29, 1.82) is 5.26 Å². The molecule has 2 aromatic rings. The molecular formula is C17H22N4O8P2-2. The van der Waals surface area contributed by atoms with Crippen molar-refractivity contribution in [2.24, 2.45) is 0 Å². The van der Waals surface area contributed by atoms with Crippen molar-refractivity contribution >= 4 is 15.6 Å². The normalized spacial score (nSPS) is 9.74. The molecule has 0 saturated carbocycles. The van der Waals surface area contributed by atoms with Crippen LogP contribution < -0.4 is 9.05 Å². The molecule has 0 heterocycles. The van der Waals surface area contributed by atoms with Crippen molar-refractivity contribution in [1.82, 2.24) is 0 Å². The molecule has 0 aromatic heterocycles. The zero-order valence-electron chi connectivity index (χ0n) is 16.7. The fraction of sp³-hybridized carbons (Fsp3) is 0.235. The van der Waals surface area contributed by atoms with Gasteiger partial charge in [-0.3, -0.25) is 18.9 Å². The molecule has 2 N–H and O–H groups in total. The topological polar surface area (TPSA) is 194 Å². The van der Waals surface area contributed by atoms with Crippen LogP contribution in [0.25, 0.3) is 16.0 Å². The van der Waals surface area contributed by atoms with Crippen LogP contribution >= 0.6 is 15.6 Å². The highest BCUT2D eigenvalue weighted by Crippen LogP contribution is 2.44. The Bertz CT molecular complexity index is 807. The van der Waals surface area contributed by atoms with Gasteiger partial charge >= 0.3 is 15.6 Å². The molecule has 2 rings (SSSR count). The summed E-state index contributed by atoms with van der Waals surface area (Å²) in [4.78, 5) is 19.7. The molecule has 0 atom stereocenters. The first-order valence-electron chi connectivity index (χ1n) is 8.34. The van der Waals surface area contributed by atoms with Crippen molar-refractivity contribution in [3.63, 3.8) is 0 Å². The van der Waals surface area contributed by atoms with Gasteiger partial charge in [0, 0.05) is 0 Å². The van der Waals surface area contributed by atoms with E-state index in [-0.39, 0.29) is 24.7 Å². The van der Waals surface area contributed by atoms with Crippen LogP contribution in [0.15, 0.2) is 60.7 Å². The first-order chi connectivity index (χ1) is 14.7. The van der Waals surface area contributed by atoms with Gasteiger partial charge in [0.2, 0.25) is 0 Å². The zero-order chi connectivity index (χ0) is 24.2. The SMILES string of the molecule is CCOP(=O)(O)OCC.O=P(O)(Oc1ccccc1)Oc1ccccc1.[C-]#N.[N-]=[N+]=[N-]. The summed E-state index contributed by atoms with van der Waals surface area (Å²) in [5.41, 5.74) is 13.5. The van der Waals surface area contributed by atoms with E-state index >= 15 is 0 Å². The molecule has 0 bridgehead atoms. The first kappa shape index (κ1) is 30.3. The molecule has 0 amide bonds. The van der Waals surface area contributed by atoms with Gasteiger partial charge in [-0.25, -0.2) is 9.13 Å². The third kappa shape index (κ3) is 17.7. The Hall–Kier alpha value is -2.86. The van der Waals surface area contributed by atoms with E-state index in [1.54, 1.807) is 74.5 Å². The molecule has 0 radical (unpaired) electrons. The average Bonchev–Trinajstić information content (AvgIpc) is 2.71. The van der Waals surface area contributed by atoms with E-state index in [0.29, 0.717) is 0 Å². The highest BCUT2D eigenvalue weighted by atomic mass is 31.2. The van der Waals surface area contributed by atoms with Crippen molar-refractivity contribution in [2.75, 3.05) is 13.2 Å². The minimum Gasteiger partial charge on any atom is -0.512 e. The number of phosphoric ester groups is 2. The number of nitrogens with zero attached hydrogens (tertiary/aromatic N) is 4. The predicted octanol–water partition coefficient (Wildman–Crippen LogP) is 5.37. The van der Waals surface area contributed by atoms with Gasteiger partial charge in [-0.15, -0.1) is 0 Å². The van der Waals surface area contributed by atoms with E-state index in [4.69, 9.17) is 36.8 Å². The Balaban J connectivity index is 0. The first-order valence-corrected chi connectivity index (χ1v) is 11.3. The van der Waals surface area contributed by atoms with Crippen LogP contribution in [-0.2, 0) is 18.2 Å². The van der Waals surface area contributed by atoms with Gasteiger partial charge in [0.15, 0.2) is 0 Å². The lowest BCUT2D eigenvalue weighted by molar-refractivity contribution is 0.161. The molecule has 14 heteroatoms. The van der Waals surface area contributed by atoms with Gasteiger partial charge in [-0.05, 0) is 38.1 Å². The molecule has 0 unspecified atom stereocenters. The van der Waals surface area contributed by atoms with Crippen LogP contribution in [-0.4, -0.2) is 23.0 Å². The highest BCUT2D eigenvalue weighted by molar-refractivity contribution is 7.48. The van der Waals surface area contributed by atoms with Crippen LogP contribution in [0.1, 0.15) is 13.8 Å². The summed E-state index contributed by atoms with van der Waals surface area (Å²) in [6.45, 7) is 8.38. The minimum absolute atomic E-state index is 0.188. The molecule has 170 valence electrons. The third-order valence-corrected chi connectivity index (χ3v) is 4.56. The lowest BCUT2D eigenvalue weighted by Gasteiger charge is -2.13. The second-order valence-electron chi connectivity index (χ2n) is 4.67. The Morgan fingerprint density at radius 3 is 1.35 bits per heavy atom. The summed E-state index contributed by atoms with van der Waals surface area (Å²) in [6, 6.07) is 16.7. The van der Waals surface area contributed by atoms with Crippen molar-refractivity contribution in [3.05, 3.63) is 83.2 Å². The van der Waals surface area contributed by atoms with Crippen molar-refractivity contribution in [3.8, 4) is 11.5 Å². The molecule has 2 aromatic carbocycles. The molecule has 0 fully saturated rings. The maximum Gasteiger partial charge on any atom is 0.584 e. The van der Waals surface area contributed by atoms with E-state index in [2.05, 4.69) is 9.05 Å². The van der Waals surface area contributed by atoms with Gasteiger partial charge in [0.25, 0.3) is 0 Å². The molecule has 0 aliphatic carbocycles. The van der Waals surface area contributed by atoms with Gasteiger partial charge < -0.3 is 36.8 Å². The quantitative estimate of drug-likeness (QED) is 0.167. The molecule has 0 aliphatic rings. The molecule has 12 nitrogen and oxygen atoms in total. The van der Waals surface area contributed by atoms with Gasteiger partial charge in [0.1, 0.15) is 11.5 Å². The molecule has 0 spiro atoms. The number of phosphoric acid groups is 2. The van der Waals surface area contributed by atoms with Gasteiger partial charge in [0.05, 0.1) is 13.2 Å². The fourth-order valence-corrected chi connectivity index (χ4v) is 3.15. The molecular weight excluding hydrogens is 450 g/mol. The zero-order valence-corrected chi connectivity index (χ0v) is 18.5. The maximum absolute atomic E-state index is 11.7. The smallest absolute Gasteiger partial charge is 0.512 e. The minimum atomic E-state index is -4.14. The predicted molar refractivity (Wildman–Crippen MR) is 112 cm³/mol. The Kier molecular flexibility index (Phi) is 17.6. The van der Waals surface area contributed by atoms with E-state index in [1.807, 2.05) is 0 Å². The Morgan fingerprint density at radius 1 is 0.806 bits per heavy atom. The summed E-state index contributed by atoms with van der Waals surface area (Å²) in [5.74, 6) is 0.573. The van der Waals surface area contributed by atoms with E-state index in [9.17, 15) is 14.0 Å².